The summed E-state index contributed by atoms with van der Waals surface area (Å²) in [6.45, 7) is 11.6. The zero-order valence-electron chi connectivity index (χ0n) is 14.0. The summed E-state index contributed by atoms with van der Waals surface area (Å²) in [5.74, 6) is 0.245. The van der Waals surface area contributed by atoms with E-state index in [1.54, 1.807) is 0 Å². The Kier molecular flexibility index (Phi) is 5.17. The maximum Gasteiger partial charge on any atom is 0.179 e. The van der Waals surface area contributed by atoms with E-state index in [0.717, 1.165) is 31.6 Å². The van der Waals surface area contributed by atoms with Gasteiger partial charge in [-0.25, -0.2) is 0 Å². The number of hydrogen-bond donors (Lipinski definition) is 0. The van der Waals surface area contributed by atoms with Crippen LogP contribution in [0.2, 0.25) is 0 Å². The maximum absolute atomic E-state index is 12.8. The lowest BCUT2D eigenvalue weighted by molar-refractivity contribution is 0.0778. The van der Waals surface area contributed by atoms with E-state index in [1.807, 2.05) is 12.1 Å². The van der Waals surface area contributed by atoms with Crippen LogP contribution in [0.25, 0.3) is 0 Å². The predicted octanol–water partition coefficient (Wildman–Crippen LogP) is 2.90. The summed E-state index contributed by atoms with van der Waals surface area (Å²) in [4.78, 5) is 17.5. The first kappa shape index (κ1) is 16.2. The van der Waals surface area contributed by atoms with E-state index in [-0.39, 0.29) is 11.8 Å². The van der Waals surface area contributed by atoms with E-state index in [1.165, 1.54) is 11.1 Å². The van der Waals surface area contributed by atoms with Crippen molar-refractivity contribution in [3.63, 3.8) is 0 Å². The van der Waals surface area contributed by atoms with Crippen LogP contribution in [0.1, 0.15) is 41.8 Å². The molecule has 2 unspecified atom stereocenters. The van der Waals surface area contributed by atoms with Crippen LogP contribution in [0.4, 0.5) is 0 Å². The fraction of sp³-hybridized carbons (Fsp3) is 0.611. The van der Waals surface area contributed by atoms with Crippen molar-refractivity contribution < 1.29 is 4.79 Å². The molecule has 0 bridgehead atoms. The van der Waals surface area contributed by atoms with E-state index >= 15 is 0 Å². The second-order valence-electron chi connectivity index (χ2n) is 6.54. The normalized spacial score (nSPS) is 22.8. The van der Waals surface area contributed by atoms with Gasteiger partial charge in [0, 0.05) is 24.7 Å². The molecule has 0 radical (unpaired) electrons. The Morgan fingerprint density at radius 1 is 1.24 bits per heavy atom. The highest BCUT2D eigenvalue weighted by Crippen LogP contribution is 2.18. The molecule has 0 aliphatic carbocycles. The van der Waals surface area contributed by atoms with Gasteiger partial charge in [-0.05, 0) is 64.9 Å². The van der Waals surface area contributed by atoms with E-state index in [0.29, 0.717) is 6.04 Å². The molecule has 1 aliphatic rings. The van der Waals surface area contributed by atoms with E-state index < -0.39 is 0 Å². The van der Waals surface area contributed by atoms with Crippen LogP contribution in [0.15, 0.2) is 18.2 Å². The van der Waals surface area contributed by atoms with Crippen LogP contribution in [-0.2, 0) is 0 Å². The van der Waals surface area contributed by atoms with Crippen molar-refractivity contribution in [3.8, 4) is 0 Å². The third-order valence-corrected chi connectivity index (χ3v) is 4.77. The van der Waals surface area contributed by atoms with Crippen LogP contribution >= 0.6 is 0 Å². The highest BCUT2D eigenvalue weighted by atomic mass is 16.1. The summed E-state index contributed by atoms with van der Waals surface area (Å²) in [7, 11) is 2.16. The Labute approximate surface area is 128 Å². The Bertz CT molecular complexity index is 512. The molecule has 1 aromatic rings. The first-order valence-corrected chi connectivity index (χ1v) is 7.96. The molecule has 0 spiro atoms. The van der Waals surface area contributed by atoms with Crippen molar-refractivity contribution in [3.05, 3.63) is 34.9 Å². The van der Waals surface area contributed by atoms with Gasteiger partial charge in [0.05, 0.1) is 6.04 Å². The summed E-state index contributed by atoms with van der Waals surface area (Å²) in [6.07, 6.45) is 1.13. The summed E-state index contributed by atoms with van der Waals surface area (Å²) in [5.41, 5.74) is 3.27. The van der Waals surface area contributed by atoms with Gasteiger partial charge in [-0.1, -0.05) is 12.1 Å². The number of Topliss-reactive ketones (excluding diaryl/α,β-unsaturated/α-hetero) is 1. The number of rotatable bonds is 3. The first-order chi connectivity index (χ1) is 9.90. The minimum atomic E-state index is -0.0476. The zero-order chi connectivity index (χ0) is 15.6. The average Bonchev–Trinajstić information content (AvgIpc) is 2.61. The fourth-order valence-electron chi connectivity index (χ4n) is 3.25. The number of nitrogens with zero attached hydrogens (tertiary/aromatic N) is 2. The topological polar surface area (TPSA) is 23.6 Å². The average molecular weight is 288 g/mol. The Balaban J connectivity index is 2.15. The number of benzene rings is 1. The molecule has 0 aromatic heterocycles. The van der Waals surface area contributed by atoms with Gasteiger partial charge in [0.25, 0.3) is 0 Å². The van der Waals surface area contributed by atoms with Gasteiger partial charge in [0.15, 0.2) is 5.78 Å². The lowest BCUT2D eigenvalue weighted by Crippen LogP contribution is -2.46. The third-order valence-electron chi connectivity index (χ3n) is 4.77. The van der Waals surface area contributed by atoms with Crippen LogP contribution in [0, 0.1) is 13.8 Å². The smallest absolute Gasteiger partial charge is 0.179 e. The molecule has 0 amide bonds. The molecule has 1 saturated heterocycles. The summed E-state index contributed by atoms with van der Waals surface area (Å²) in [5, 5.41) is 0. The van der Waals surface area contributed by atoms with Gasteiger partial charge in [0.2, 0.25) is 0 Å². The number of ketones is 1. The highest BCUT2D eigenvalue weighted by Gasteiger charge is 2.28. The molecule has 1 heterocycles. The summed E-state index contributed by atoms with van der Waals surface area (Å²) >= 11 is 0. The first-order valence-electron chi connectivity index (χ1n) is 7.96. The molecule has 3 nitrogen and oxygen atoms in total. The number of carbonyl (C=O) groups is 1. The zero-order valence-corrected chi connectivity index (χ0v) is 14.0. The standard InChI is InChI=1S/C18H28N2O/c1-13-7-8-17(11-14(13)2)18(21)16(4)20-10-6-9-19(5)12-15(20)3/h7-8,11,15-16H,6,9-10,12H2,1-5H3. The molecule has 0 saturated carbocycles. The van der Waals surface area contributed by atoms with Crippen LogP contribution in [-0.4, -0.2) is 54.3 Å². The van der Waals surface area contributed by atoms with Crippen molar-refractivity contribution >= 4 is 5.78 Å². The van der Waals surface area contributed by atoms with Crippen molar-refractivity contribution in [2.24, 2.45) is 0 Å². The lowest BCUT2D eigenvalue weighted by Gasteiger charge is -2.32. The molecule has 1 aromatic carbocycles. The molecule has 2 atom stereocenters. The van der Waals surface area contributed by atoms with Crippen molar-refractivity contribution in [1.29, 1.82) is 0 Å². The Morgan fingerprint density at radius 3 is 2.62 bits per heavy atom. The molecular formula is C18H28N2O. The minimum Gasteiger partial charge on any atom is -0.305 e. The summed E-state index contributed by atoms with van der Waals surface area (Å²) < 4.78 is 0. The van der Waals surface area contributed by atoms with Gasteiger partial charge in [0.1, 0.15) is 0 Å². The Hall–Kier alpha value is -1.19. The SMILES string of the molecule is Cc1ccc(C(=O)C(C)N2CCCN(C)CC2C)cc1C. The fourth-order valence-corrected chi connectivity index (χ4v) is 3.25. The molecular weight excluding hydrogens is 260 g/mol. The van der Waals surface area contributed by atoms with Crippen molar-refractivity contribution in [2.45, 2.75) is 46.2 Å². The van der Waals surface area contributed by atoms with Gasteiger partial charge in [-0.2, -0.15) is 0 Å². The maximum atomic E-state index is 12.8. The molecule has 0 N–H and O–H groups in total. The van der Waals surface area contributed by atoms with Gasteiger partial charge >= 0.3 is 0 Å². The number of hydrogen-bond acceptors (Lipinski definition) is 3. The molecule has 2 rings (SSSR count). The predicted molar refractivity (Wildman–Crippen MR) is 88.0 cm³/mol. The van der Waals surface area contributed by atoms with Gasteiger partial charge < -0.3 is 4.90 Å². The second kappa shape index (κ2) is 6.71. The monoisotopic (exact) mass is 288 g/mol. The van der Waals surface area contributed by atoms with Gasteiger partial charge in [-0.15, -0.1) is 0 Å². The van der Waals surface area contributed by atoms with E-state index in [4.69, 9.17) is 0 Å². The number of likely N-dealkylation sites (N-methyl/N-ethyl adjacent to an activating group) is 1. The number of aryl methyl sites for hydroxylation is 2. The van der Waals surface area contributed by atoms with E-state index in [2.05, 4.69) is 50.6 Å². The van der Waals surface area contributed by atoms with Crippen LogP contribution < -0.4 is 0 Å². The van der Waals surface area contributed by atoms with Crippen LogP contribution in [0.5, 0.6) is 0 Å². The quantitative estimate of drug-likeness (QED) is 0.799. The molecule has 21 heavy (non-hydrogen) atoms. The molecule has 1 fully saturated rings. The van der Waals surface area contributed by atoms with E-state index in [9.17, 15) is 4.79 Å². The molecule has 3 heteroatoms. The van der Waals surface area contributed by atoms with Crippen LogP contribution in [0.3, 0.4) is 0 Å². The third kappa shape index (κ3) is 3.72. The van der Waals surface area contributed by atoms with Gasteiger partial charge in [-0.3, -0.25) is 9.69 Å². The second-order valence-corrected chi connectivity index (χ2v) is 6.54. The van der Waals surface area contributed by atoms with Crippen molar-refractivity contribution in [2.75, 3.05) is 26.7 Å². The molecule has 1 aliphatic heterocycles. The number of carbonyl (C=O) groups excluding carboxylic acids is 1. The Morgan fingerprint density at radius 2 is 1.95 bits per heavy atom. The molecule has 116 valence electrons. The minimum absolute atomic E-state index is 0.0476. The van der Waals surface area contributed by atoms with Crippen molar-refractivity contribution in [1.82, 2.24) is 9.80 Å². The summed E-state index contributed by atoms with van der Waals surface area (Å²) in [6, 6.07) is 6.42. The lowest BCUT2D eigenvalue weighted by atomic mass is 9.99. The largest absolute Gasteiger partial charge is 0.305 e. The highest BCUT2D eigenvalue weighted by molar-refractivity contribution is 6.00.